The molecular formula is C16H22FNO2. The summed E-state index contributed by atoms with van der Waals surface area (Å²) in [6.45, 7) is 4.51. The van der Waals surface area contributed by atoms with E-state index in [0.717, 1.165) is 44.4 Å². The van der Waals surface area contributed by atoms with Crippen LogP contribution in [0, 0.1) is 5.82 Å². The second kappa shape index (κ2) is 5.70. The summed E-state index contributed by atoms with van der Waals surface area (Å²) in [6, 6.07) is 5.08. The number of hydrogen-bond donors (Lipinski definition) is 1. The second-order valence-electron chi connectivity index (χ2n) is 5.83. The van der Waals surface area contributed by atoms with Crippen molar-refractivity contribution in [2.24, 2.45) is 0 Å². The Kier molecular flexibility index (Phi) is 3.94. The largest absolute Gasteiger partial charge is 0.484 e. The van der Waals surface area contributed by atoms with Gasteiger partial charge in [-0.25, -0.2) is 4.39 Å². The van der Waals surface area contributed by atoms with Gasteiger partial charge in [0.1, 0.15) is 17.2 Å². The van der Waals surface area contributed by atoms with Crippen molar-refractivity contribution in [1.29, 1.82) is 0 Å². The third kappa shape index (κ3) is 2.67. The first-order valence-electron chi connectivity index (χ1n) is 7.52. The van der Waals surface area contributed by atoms with Crippen LogP contribution < -0.4 is 10.1 Å². The van der Waals surface area contributed by atoms with Crippen LogP contribution in [0.15, 0.2) is 18.2 Å². The van der Waals surface area contributed by atoms with Crippen molar-refractivity contribution in [3.05, 3.63) is 29.6 Å². The molecule has 2 aliphatic rings. The molecule has 4 heteroatoms. The summed E-state index contributed by atoms with van der Waals surface area (Å²) in [5.41, 5.74) is 0.779. The summed E-state index contributed by atoms with van der Waals surface area (Å²) in [5.74, 6) is 0.433. The molecule has 0 aromatic heterocycles. The number of rotatable bonds is 3. The monoisotopic (exact) mass is 279 g/mol. The van der Waals surface area contributed by atoms with Gasteiger partial charge in [-0.1, -0.05) is 13.0 Å². The summed E-state index contributed by atoms with van der Waals surface area (Å²) in [7, 11) is 0. The summed E-state index contributed by atoms with van der Waals surface area (Å²) >= 11 is 0. The molecule has 1 aromatic rings. The summed E-state index contributed by atoms with van der Waals surface area (Å²) in [4.78, 5) is 0. The Labute approximate surface area is 119 Å². The lowest BCUT2D eigenvalue weighted by atomic mass is 9.83. The van der Waals surface area contributed by atoms with Crippen molar-refractivity contribution in [1.82, 2.24) is 5.32 Å². The molecule has 1 aromatic carbocycles. The molecule has 1 N–H and O–H groups in total. The van der Waals surface area contributed by atoms with Crippen LogP contribution in [0.2, 0.25) is 0 Å². The first-order valence-corrected chi connectivity index (χ1v) is 7.52. The van der Waals surface area contributed by atoms with Gasteiger partial charge in [0.25, 0.3) is 0 Å². The van der Waals surface area contributed by atoms with Crippen LogP contribution in [0.1, 0.15) is 44.2 Å². The van der Waals surface area contributed by atoms with Crippen LogP contribution in [0.3, 0.4) is 0 Å². The fourth-order valence-electron chi connectivity index (χ4n) is 3.21. The highest BCUT2D eigenvalue weighted by molar-refractivity contribution is 5.39. The molecule has 0 bridgehead atoms. The maximum atomic E-state index is 13.5. The topological polar surface area (TPSA) is 30.5 Å². The van der Waals surface area contributed by atoms with Gasteiger partial charge in [-0.15, -0.1) is 0 Å². The highest BCUT2D eigenvalue weighted by atomic mass is 19.1. The highest BCUT2D eigenvalue weighted by Gasteiger charge is 2.42. The zero-order valence-electron chi connectivity index (χ0n) is 12.0. The van der Waals surface area contributed by atoms with E-state index in [9.17, 15) is 4.39 Å². The summed E-state index contributed by atoms with van der Waals surface area (Å²) < 4.78 is 25.3. The van der Waals surface area contributed by atoms with Crippen LogP contribution >= 0.6 is 0 Å². The van der Waals surface area contributed by atoms with E-state index in [2.05, 4.69) is 12.2 Å². The standard InChI is InChI=1S/C16H22FNO2/c1-2-7-18-14-10-16(6-3-8-19-11-16)20-15-9-12(17)4-5-13(14)15/h4-5,9,14,18H,2-3,6-8,10-11H2,1H3. The van der Waals surface area contributed by atoms with Gasteiger partial charge in [-0.2, -0.15) is 0 Å². The number of halogens is 1. The molecule has 2 atom stereocenters. The minimum atomic E-state index is -0.287. The molecule has 1 saturated heterocycles. The van der Waals surface area contributed by atoms with Gasteiger partial charge in [0.05, 0.1) is 6.61 Å². The first-order chi connectivity index (χ1) is 9.72. The van der Waals surface area contributed by atoms with E-state index in [1.54, 1.807) is 0 Å². The zero-order valence-corrected chi connectivity index (χ0v) is 12.0. The molecule has 0 aliphatic carbocycles. The molecule has 1 fully saturated rings. The van der Waals surface area contributed by atoms with Gasteiger partial charge in [0.2, 0.25) is 0 Å². The van der Waals surface area contributed by atoms with Gasteiger partial charge in [0, 0.05) is 30.7 Å². The molecule has 3 nitrogen and oxygen atoms in total. The molecule has 20 heavy (non-hydrogen) atoms. The molecule has 2 heterocycles. The highest BCUT2D eigenvalue weighted by Crippen LogP contribution is 2.43. The summed E-state index contributed by atoms with van der Waals surface area (Å²) in [5, 5.41) is 3.56. The number of fused-ring (bicyclic) bond motifs is 1. The van der Waals surface area contributed by atoms with Crippen LogP contribution in [0.4, 0.5) is 4.39 Å². The lowest BCUT2D eigenvalue weighted by Gasteiger charge is -2.44. The molecule has 0 amide bonds. The third-order valence-electron chi connectivity index (χ3n) is 4.18. The Balaban J connectivity index is 1.90. The molecule has 3 rings (SSSR count). The van der Waals surface area contributed by atoms with Crippen LogP contribution in [0.25, 0.3) is 0 Å². The van der Waals surface area contributed by atoms with Crippen LogP contribution in [-0.2, 0) is 4.74 Å². The van der Waals surface area contributed by atoms with Crippen molar-refractivity contribution in [3.8, 4) is 5.75 Å². The Morgan fingerprint density at radius 3 is 3.10 bits per heavy atom. The number of ether oxygens (including phenoxy) is 2. The fourth-order valence-corrected chi connectivity index (χ4v) is 3.21. The fraction of sp³-hybridized carbons (Fsp3) is 0.625. The average Bonchev–Trinajstić information content (AvgIpc) is 2.45. The van der Waals surface area contributed by atoms with Crippen molar-refractivity contribution in [2.75, 3.05) is 19.8 Å². The minimum absolute atomic E-state index is 0.223. The Hall–Kier alpha value is -1.13. The van der Waals surface area contributed by atoms with E-state index in [4.69, 9.17) is 9.47 Å². The van der Waals surface area contributed by atoms with Crippen LogP contribution in [0.5, 0.6) is 5.75 Å². The molecule has 0 radical (unpaired) electrons. The smallest absolute Gasteiger partial charge is 0.134 e. The molecule has 2 unspecified atom stereocenters. The SMILES string of the molecule is CCCNC1CC2(CCCOC2)Oc2cc(F)ccc21. The van der Waals surface area contributed by atoms with Crippen molar-refractivity contribution < 1.29 is 13.9 Å². The average molecular weight is 279 g/mol. The van der Waals surface area contributed by atoms with E-state index in [1.165, 1.54) is 12.1 Å². The molecule has 110 valence electrons. The quantitative estimate of drug-likeness (QED) is 0.921. The van der Waals surface area contributed by atoms with Gasteiger partial charge >= 0.3 is 0 Å². The van der Waals surface area contributed by atoms with Gasteiger partial charge < -0.3 is 14.8 Å². The Bertz CT molecular complexity index is 472. The predicted molar refractivity (Wildman–Crippen MR) is 75.5 cm³/mol. The molecule has 2 aliphatic heterocycles. The second-order valence-corrected chi connectivity index (χ2v) is 5.83. The van der Waals surface area contributed by atoms with Crippen molar-refractivity contribution in [3.63, 3.8) is 0 Å². The van der Waals surface area contributed by atoms with Gasteiger partial charge in [-0.05, 0) is 31.9 Å². The lowest BCUT2D eigenvalue weighted by molar-refractivity contribution is -0.0856. The maximum absolute atomic E-state index is 13.5. The number of hydrogen-bond acceptors (Lipinski definition) is 3. The minimum Gasteiger partial charge on any atom is -0.484 e. The van der Waals surface area contributed by atoms with Crippen molar-refractivity contribution in [2.45, 2.75) is 44.2 Å². The maximum Gasteiger partial charge on any atom is 0.134 e. The zero-order chi connectivity index (χ0) is 14.0. The summed E-state index contributed by atoms with van der Waals surface area (Å²) in [6.07, 6.45) is 3.96. The van der Waals surface area contributed by atoms with E-state index < -0.39 is 0 Å². The molecule has 0 saturated carbocycles. The predicted octanol–water partition coefficient (Wildman–Crippen LogP) is 3.20. The number of nitrogens with one attached hydrogen (secondary N) is 1. The van der Waals surface area contributed by atoms with Crippen LogP contribution in [-0.4, -0.2) is 25.4 Å². The van der Waals surface area contributed by atoms with E-state index in [0.29, 0.717) is 12.4 Å². The first kappa shape index (κ1) is 13.8. The third-order valence-corrected chi connectivity index (χ3v) is 4.18. The van der Waals surface area contributed by atoms with E-state index in [-0.39, 0.29) is 17.5 Å². The lowest BCUT2D eigenvalue weighted by Crippen LogP contribution is -2.49. The normalized spacial score (nSPS) is 29.0. The Morgan fingerprint density at radius 1 is 1.45 bits per heavy atom. The van der Waals surface area contributed by atoms with Crippen molar-refractivity contribution >= 4 is 0 Å². The number of benzene rings is 1. The van der Waals surface area contributed by atoms with Gasteiger partial charge in [-0.3, -0.25) is 0 Å². The molecule has 1 spiro atoms. The van der Waals surface area contributed by atoms with E-state index >= 15 is 0 Å². The van der Waals surface area contributed by atoms with Gasteiger partial charge in [0.15, 0.2) is 0 Å². The van der Waals surface area contributed by atoms with E-state index in [1.807, 2.05) is 6.07 Å². The molecular weight excluding hydrogens is 257 g/mol. The Morgan fingerprint density at radius 2 is 2.35 bits per heavy atom.